The summed E-state index contributed by atoms with van der Waals surface area (Å²) in [6.07, 6.45) is 0. The Kier molecular flexibility index (Phi) is 3.83. The fourth-order valence-corrected chi connectivity index (χ4v) is 2.92. The number of aromatic hydroxyl groups is 1. The number of phenols is 1. The Hall–Kier alpha value is -2.40. The van der Waals surface area contributed by atoms with E-state index in [0.717, 1.165) is 5.13 Å². The van der Waals surface area contributed by atoms with E-state index in [1.54, 1.807) is 12.1 Å². The largest absolute Gasteiger partial charge is 0.507 e. The minimum Gasteiger partial charge on any atom is -0.507 e. The van der Waals surface area contributed by atoms with Crippen LogP contribution in [0.15, 0.2) is 54.6 Å². The summed E-state index contributed by atoms with van der Waals surface area (Å²) in [5.74, 6) is 0.219. The summed E-state index contributed by atoms with van der Waals surface area (Å²) in [6.45, 7) is 2.08. The summed E-state index contributed by atoms with van der Waals surface area (Å²) in [4.78, 5) is 0. The molecular weight excluding hydrogens is 282 g/mol. The van der Waals surface area contributed by atoms with Crippen LogP contribution in [0.2, 0.25) is 0 Å². The quantitative estimate of drug-likeness (QED) is 0.761. The number of aromatic nitrogens is 2. The van der Waals surface area contributed by atoms with E-state index >= 15 is 0 Å². The highest BCUT2D eigenvalue weighted by Crippen LogP contribution is 2.33. The first kappa shape index (κ1) is 13.6. The van der Waals surface area contributed by atoms with Gasteiger partial charge in [-0.15, -0.1) is 10.2 Å². The monoisotopic (exact) mass is 297 g/mol. The van der Waals surface area contributed by atoms with E-state index < -0.39 is 0 Å². The number of rotatable bonds is 4. The summed E-state index contributed by atoms with van der Waals surface area (Å²) in [7, 11) is 0. The van der Waals surface area contributed by atoms with Crippen LogP contribution in [-0.4, -0.2) is 15.3 Å². The Labute approximate surface area is 127 Å². The molecule has 2 N–H and O–H groups in total. The van der Waals surface area contributed by atoms with Gasteiger partial charge in [-0.05, 0) is 24.6 Å². The molecule has 0 bridgehead atoms. The minimum atomic E-state index is 0.149. The molecule has 5 heteroatoms. The molecule has 0 spiro atoms. The molecule has 0 amide bonds. The molecule has 1 aromatic heterocycles. The third-order valence-electron chi connectivity index (χ3n) is 3.20. The highest BCUT2D eigenvalue weighted by molar-refractivity contribution is 7.18. The predicted octanol–water partition coefficient (Wildman–Crippen LogP) is 4.08. The highest BCUT2D eigenvalue weighted by atomic mass is 32.1. The Morgan fingerprint density at radius 3 is 2.48 bits per heavy atom. The van der Waals surface area contributed by atoms with E-state index in [2.05, 4.69) is 34.6 Å². The third kappa shape index (κ3) is 3.03. The van der Waals surface area contributed by atoms with Gasteiger partial charge in [-0.25, -0.2) is 0 Å². The Balaban J connectivity index is 1.78. The van der Waals surface area contributed by atoms with E-state index in [0.29, 0.717) is 10.6 Å². The van der Waals surface area contributed by atoms with Gasteiger partial charge in [0.1, 0.15) is 5.75 Å². The maximum atomic E-state index is 9.85. The standard InChI is InChI=1S/C16H15N3OS/c1-11(12-7-3-2-4-8-12)17-16-19-18-15(21-16)13-9-5-6-10-14(13)20/h2-11,20H,1H3,(H,17,19)/t11-/m1/s1. The fraction of sp³-hybridized carbons (Fsp3) is 0.125. The molecule has 0 saturated heterocycles. The van der Waals surface area contributed by atoms with Gasteiger partial charge in [0.05, 0.1) is 11.6 Å². The van der Waals surface area contributed by atoms with Crippen molar-refractivity contribution in [1.29, 1.82) is 0 Å². The summed E-state index contributed by atoms with van der Waals surface area (Å²) in [5, 5.41) is 22.9. The second-order valence-corrected chi connectivity index (χ2v) is 5.68. The predicted molar refractivity (Wildman–Crippen MR) is 85.5 cm³/mol. The van der Waals surface area contributed by atoms with Crippen molar-refractivity contribution in [2.75, 3.05) is 5.32 Å². The highest BCUT2D eigenvalue weighted by Gasteiger charge is 2.12. The van der Waals surface area contributed by atoms with Crippen molar-refractivity contribution >= 4 is 16.5 Å². The van der Waals surface area contributed by atoms with Crippen LogP contribution in [0.1, 0.15) is 18.5 Å². The van der Waals surface area contributed by atoms with Crippen molar-refractivity contribution in [1.82, 2.24) is 10.2 Å². The lowest BCUT2D eigenvalue weighted by molar-refractivity contribution is 0.477. The summed E-state index contributed by atoms with van der Waals surface area (Å²) in [5.41, 5.74) is 1.90. The smallest absolute Gasteiger partial charge is 0.206 e. The number of nitrogens with zero attached hydrogens (tertiary/aromatic N) is 2. The zero-order valence-electron chi connectivity index (χ0n) is 11.5. The molecule has 0 fully saturated rings. The molecule has 0 radical (unpaired) electrons. The lowest BCUT2D eigenvalue weighted by Crippen LogP contribution is -2.05. The van der Waals surface area contributed by atoms with Crippen LogP contribution in [-0.2, 0) is 0 Å². The zero-order valence-corrected chi connectivity index (χ0v) is 12.3. The summed E-state index contributed by atoms with van der Waals surface area (Å²) < 4.78 is 0. The van der Waals surface area contributed by atoms with Gasteiger partial charge in [0, 0.05) is 0 Å². The molecule has 3 rings (SSSR count). The molecule has 0 aliphatic rings. The number of hydrogen-bond donors (Lipinski definition) is 2. The van der Waals surface area contributed by atoms with Crippen LogP contribution in [0.25, 0.3) is 10.6 Å². The van der Waals surface area contributed by atoms with Gasteiger partial charge >= 0.3 is 0 Å². The number of hydrogen-bond acceptors (Lipinski definition) is 5. The average molecular weight is 297 g/mol. The number of para-hydroxylation sites is 1. The zero-order chi connectivity index (χ0) is 14.7. The van der Waals surface area contributed by atoms with Crippen LogP contribution in [0.4, 0.5) is 5.13 Å². The van der Waals surface area contributed by atoms with Crippen molar-refractivity contribution in [2.24, 2.45) is 0 Å². The first-order valence-corrected chi connectivity index (χ1v) is 7.49. The maximum Gasteiger partial charge on any atom is 0.206 e. The lowest BCUT2D eigenvalue weighted by Gasteiger charge is -2.12. The van der Waals surface area contributed by atoms with Crippen LogP contribution in [0.3, 0.4) is 0 Å². The Morgan fingerprint density at radius 1 is 1.00 bits per heavy atom. The van der Waals surface area contributed by atoms with E-state index in [-0.39, 0.29) is 11.8 Å². The number of phenolic OH excluding ortho intramolecular Hbond substituents is 1. The topological polar surface area (TPSA) is 58.0 Å². The lowest BCUT2D eigenvalue weighted by atomic mass is 10.1. The van der Waals surface area contributed by atoms with Crippen LogP contribution in [0.5, 0.6) is 5.75 Å². The SMILES string of the molecule is C[C@@H](Nc1nnc(-c2ccccc2O)s1)c1ccccc1. The molecule has 21 heavy (non-hydrogen) atoms. The Morgan fingerprint density at radius 2 is 1.71 bits per heavy atom. The molecule has 0 unspecified atom stereocenters. The maximum absolute atomic E-state index is 9.85. The van der Waals surface area contributed by atoms with Crippen molar-refractivity contribution in [3.63, 3.8) is 0 Å². The van der Waals surface area contributed by atoms with Crippen molar-refractivity contribution in [3.8, 4) is 16.3 Å². The van der Waals surface area contributed by atoms with Gasteiger partial charge in [-0.2, -0.15) is 0 Å². The fourth-order valence-electron chi connectivity index (χ4n) is 2.06. The molecule has 2 aromatic carbocycles. The molecule has 0 saturated carbocycles. The molecule has 0 aliphatic carbocycles. The molecule has 0 aliphatic heterocycles. The van der Waals surface area contributed by atoms with Crippen molar-refractivity contribution < 1.29 is 5.11 Å². The molecule has 1 heterocycles. The molecular formula is C16H15N3OS. The van der Waals surface area contributed by atoms with Crippen LogP contribution < -0.4 is 5.32 Å². The summed E-state index contributed by atoms with van der Waals surface area (Å²) >= 11 is 1.43. The molecule has 4 nitrogen and oxygen atoms in total. The molecule has 3 aromatic rings. The third-order valence-corrected chi connectivity index (χ3v) is 4.09. The van der Waals surface area contributed by atoms with Gasteiger partial charge < -0.3 is 10.4 Å². The number of benzene rings is 2. The van der Waals surface area contributed by atoms with E-state index in [1.165, 1.54) is 16.9 Å². The van der Waals surface area contributed by atoms with Crippen LogP contribution >= 0.6 is 11.3 Å². The van der Waals surface area contributed by atoms with Crippen molar-refractivity contribution in [3.05, 3.63) is 60.2 Å². The van der Waals surface area contributed by atoms with Gasteiger partial charge in [0.2, 0.25) is 5.13 Å². The second-order valence-electron chi connectivity index (χ2n) is 4.71. The Bertz CT molecular complexity index is 727. The van der Waals surface area contributed by atoms with Gasteiger partial charge in [-0.3, -0.25) is 0 Å². The van der Waals surface area contributed by atoms with Crippen molar-refractivity contribution in [2.45, 2.75) is 13.0 Å². The normalized spacial score (nSPS) is 12.0. The second kappa shape index (κ2) is 5.93. The molecule has 1 atom stereocenters. The van der Waals surface area contributed by atoms with Gasteiger partial charge in [0.25, 0.3) is 0 Å². The first-order chi connectivity index (χ1) is 10.2. The molecule has 106 valence electrons. The van der Waals surface area contributed by atoms with E-state index in [9.17, 15) is 5.11 Å². The minimum absolute atomic E-state index is 0.149. The first-order valence-electron chi connectivity index (χ1n) is 6.67. The van der Waals surface area contributed by atoms with Gasteiger partial charge in [0.15, 0.2) is 5.01 Å². The average Bonchev–Trinajstić information content (AvgIpc) is 2.97. The summed E-state index contributed by atoms with van der Waals surface area (Å²) in [6, 6.07) is 17.5. The van der Waals surface area contributed by atoms with Crippen LogP contribution in [0, 0.1) is 0 Å². The number of anilines is 1. The van der Waals surface area contributed by atoms with E-state index in [4.69, 9.17) is 0 Å². The van der Waals surface area contributed by atoms with E-state index in [1.807, 2.05) is 30.3 Å². The van der Waals surface area contributed by atoms with Gasteiger partial charge in [-0.1, -0.05) is 53.8 Å². The number of nitrogens with one attached hydrogen (secondary N) is 1.